The lowest BCUT2D eigenvalue weighted by Gasteiger charge is -2.15. The number of rotatable bonds is 15. The summed E-state index contributed by atoms with van der Waals surface area (Å²) >= 11 is 0. The first kappa shape index (κ1) is 27.0. The minimum absolute atomic E-state index is 0.329. The molecule has 0 atom stereocenters. The molecule has 0 aliphatic rings. The number of hydrogen-bond donors (Lipinski definition) is 0. The largest absolute Gasteiger partial charge is 0.493 e. The molecule has 36 heavy (non-hydrogen) atoms. The maximum absolute atomic E-state index is 11.5. The van der Waals surface area contributed by atoms with E-state index in [0.29, 0.717) is 43.5 Å². The zero-order chi connectivity index (χ0) is 25.8. The normalized spacial score (nSPS) is 10.6. The van der Waals surface area contributed by atoms with Gasteiger partial charge in [-0.2, -0.15) is 0 Å². The molecule has 0 bridgehead atoms. The van der Waals surface area contributed by atoms with Gasteiger partial charge >= 0.3 is 0 Å². The van der Waals surface area contributed by atoms with Crippen LogP contribution in [0, 0.1) is 0 Å². The van der Waals surface area contributed by atoms with Crippen LogP contribution in [0.25, 0.3) is 0 Å². The summed E-state index contributed by atoms with van der Waals surface area (Å²) in [5, 5.41) is 11.5. The van der Waals surface area contributed by atoms with Crippen molar-refractivity contribution in [1.29, 1.82) is 0 Å². The molecule has 0 fully saturated rings. The summed E-state index contributed by atoms with van der Waals surface area (Å²) in [6.45, 7) is 1.71. The first-order valence-electron chi connectivity index (χ1n) is 12.2. The fourth-order valence-electron chi connectivity index (χ4n) is 3.46. The molecular formula is C29H37N2O5. The van der Waals surface area contributed by atoms with Crippen LogP contribution in [-0.2, 0) is 11.7 Å². The number of benzene rings is 3. The van der Waals surface area contributed by atoms with Crippen molar-refractivity contribution in [2.24, 2.45) is 0 Å². The van der Waals surface area contributed by atoms with Gasteiger partial charge in [0.25, 0.3) is 0 Å². The Kier molecular flexibility index (Phi) is 10.6. The molecule has 0 heterocycles. The van der Waals surface area contributed by atoms with E-state index in [0.717, 1.165) is 35.7 Å². The van der Waals surface area contributed by atoms with Gasteiger partial charge in [-0.1, -0.05) is 12.1 Å². The molecule has 0 saturated carbocycles. The summed E-state index contributed by atoms with van der Waals surface area (Å²) in [6, 6.07) is 21.3. The van der Waals surface area contributed by atoms with E-state index in [1.165, 1.54) is 0 Å². The molecule has 193 valence electrons. The second kappa shape index (κ2) is 14.1. The molecule has 0 aliphatic carbocycles. The number of ether oxygens (including phenoxy) is 4. The summed E-state index contributed by atoms with van der Waals surface area (Å²) in [6.07, 6.45) is 1.44. The van der Waals surface area contributed by atoms with Crippen LogP contribution < -0.4 is 28.7 Å². The average molecular weight is 494 g/mol. The molecule has 0 aromatic heterocycles. The molecule has 1 radical (unpaired) electrons. The average Bonchev–Trinajstić information content (AvgIpc) is 2.88. The minimum Gasteiger partial charge on any atom is -0.493 e. The molecule has 0 amide bonds. The Balaban J connectivity index is 1.39. The Morgan fingerprint density at radius 1 is 0.556 bits per heavy atom. The maximum Gasteiger partial charge on any atom is 0.123 e. The van der Waals surface area contributed by atoms with Gasteiger partial charge in [-0.15, -0.1) is 0 Å². The summed E-state index contributed by atoms with van der Waals surface area (Å²) in [5.41, 5.74) is 2.82. The molecular weight excluding hydrogens is 456 g/mol. The molecule has 3 rings (SSSR count). The van der Waals surface area contributed by atoms with E-state index in [4.69, 9.17) is 18.9 Å². The van der Waals surface area contributed by atoms with Gasteiger partial charge in [0, 0.05) is 70.6 Å². The second-order valence-corrected chi connectivity index (χ2v) is 8.84. The van der Waals surface area contributed by atoms with Crippen LogP contribution in [0.3, 0.4) is 0 Å². The van der Waals surface area contributed by atoms with E-state index < -0.39 is 0 Å². The molecule has 7 nitrogen and oxygen atoms in total. The topological polar surface area (TPSA) is 63.3 Å². The van der Waals surface area contributed by atoms with E-state index >= 15 is 0 Å². The second-order valence-electron chi connectivity index (χ2n) is 8.84. The van der Waals surface area contributed by atoms with Gasteiger partial charge in [-0.3, -0.25) is 0 Å². The van der Waals surface area contributed by atoms with Crippen molar-refractivity contribution < 1.29 is 24.1 Å². The van der Waals surface area contributed by atoms with E-state index in [-0.39, 0.29) is 6.61 Å². The van der Waals surface area contributed by atoms with Crippen LogP contribution in [0.2, 0.25) is 0 Å². The fraction of sp³-hybridized carbons (Fsp3) is 0.379. The molecule has 0 spiro atoms. The van der Waals surface area contributed by atoms with Crippen molar-refractivity contribution in [3.8, 4) is 23.0 Å². The molecule has 0 aliphatic heterocycles. The Morgan fingerprint density at radius 3 is 1.36 bits per heavy atom. The molecule has 3 aromatic carbocycles. The number of nitrogens with zero attached hydrogens (tertiary/aromatic N) is 2. The Labute approximate surface area is 214 Å². The van der Waals surface area contributed by atoms with Crippen molar-refractivity contribution in [1.82, 2.24) is 0 Å². The van der Waals surface area contributed by atoms with Gasteiger partial charge < -0.3 is 28.7 Å². The highest BCUT2D eigenvalue weighted by atomic mass is 16.5. The number of anilines is 2. The maximum atomic E-state index is 11.5. The molecule has 7 heteroatoms. The molecule has 0 unspecified atom stereocenters. The monoisotopic (exact) mass is 493 g/mol. The van der Waals surface area contributed by atoms with Gasteiger partial charge in [0.2, 0.25) is 0 Å². The van der Waals surface area contributed by atoms with Crippen LogP contribution in [-0.4, -0.2) is 54.6 Å². The highest BCUT2D eigenvalue weighted by molar-refractivity contribution is 5.50. The van der Waals surface area contributed by atoms with Crippen molar-refractivity contribution in [2.75, 3.05) is 64.4 Å². The first-order chi connectivity index (χ1) is 17.4. The van der Waals surface area contributed by atoms with E-state index in [2.05, 4.69) is 0 Å². The van der Waals surface area contributed by atoms with Crippen molar-refractivity contribution in [3.63, 3.8) is 0 Å². The predicted octanol–water partition coefficient (Wildman–Crippen LogP) is 5.44. The number of hydrogen-bond acceptors (Lipinski definition) is 6. The third kappa shape index (κ3) is 8.89. The lowest BCUT2D eigenvalue weighted by molar-refractivity contribution is 0.176. The van der Waals surface area contributed by atoms with Crippen molar-refractivity contribution in [2.45, 2.75) is 19.4 Å². The fourth-order valence-corrected chi connectivity index (χ4v) is 3.46. The van der Waals surface area contributed by atoms with Gasteiger partial charge in [0.15, 0.2) is 0 Å². The van der Waals surface area contributed by atoms with Gasteiger partial charge in [0.05, 0.1) is 26.4 Å². The summed E-state index contributed by atoms with van der Waals surface area (Å²) in [7, 11) is 8.00. The molecule has 0 saturated heterocycles. The minimum atomic E-state index is -0.329. The first-order valence-corrected chi connectivity index (χ1v) is 12.2. The summed E-state index contributed by atoms with van der Waals surface area (Å²) in [5.74, 6) is 2.92. The van der Waals surface area contributed by atoms with Gasteiger partial charge in [-0.25, -0.2) is 5.11 Å². The highest BCUT2D eigenvalue weighted by Gasteiger charge is 2.05. The predicted molar refractivity (Wildman–Crippen MR) is 144 cm³/mol. The lowest BCUT2D eigenvalue weighted by Crippen LogP contribution is -2.09. The zero-order valence-corrected chi connectivity index (χ0v) is 21.7. The Hall–Kier alpha value is -3.58. The van der Waals surface area contributed by atoms with Gasteiger partial charge in [-0.05, 0) is 42.0 Å². The summed E-state index contributed by atoms with van der Waals surface area (Å²) in [4.78, 5) is 4.07. The standard InChI is InChI=1S/C29H37N2O5/c1-30(2)24-9-5-11-26(19-24)33-13-7-15-35-28-17-23(22-32)18-29(21-28)36-16-8-14-34-27-12-6-10-25(20-27)31(3)4/h5-6,9-12,17-21H,7-8,13-16,22H2,1-4H3. The smallest absolute Gasteiger partial charge is 0.123 e. The van der Waals surface area contributed by atoms with Crippen LogP contribution in [0.1, 0.15) is 18.4 Å². The van der Waals surface area contributed by atoms with Crippen molar-refractivity contribution in [3.05, 3.63) is 72.3 Å². The third-order valence-electron chi connectivity index (χ3n) is 5.43. The van der Waals surface area contributed by atoms with Gasteiger partial charge in [0.1, 0.15) is 29.6 Å². The van der Waals surface area contributed by atoms with Crippen molar-refractivity contribution >= 4 is 11.4 Å². The third-order valence-corrected chi connectivity index (χ3v) is 5.43. The van der Waals surface area contributed by atoms with Crippen LogP contribution in [0.4, 0.5) is 11.4 Å². The van der Waals surface area contributed by atoms with Crippen LogP contribution in [0.5, 0.6) is 23.0 Å². The molecule has 3 aromatic rings. The quantitative estimate of drug-likeness (QED) is 0.263. The SMILES string of the molecule is CN(C)c1cccc(OCCCOc2cc(C[O])cc(OCCCOc3cccc(N(C)C)c3)c2)c1. The van der Waals surface area contributed by atoms with Crippen LogP contribution in [0.15, 0.2) is 66.7 Å². The lowest BCUT2D eigenvalue weighted by atomic mass is 10.2. The zero-order valence-electron chi connectivity index (χ0n) is 21.7. The highest BCUT2D eigenvalue weighted by Crippen LogP contribution is 2.24. The summed E-state index contributed by atoms with van der Waals surface area (Å²) < 4.78 is 23.4. The Morgan fingerprint density at radius 2 is 0.972 bits per heavy atom. The van der Waals surface area contributed by atoms with E-state index in [9.17, 15) is 5.11 Å². The van der Waals surface area contributed by atoms with E-state index in [1.54, 1.807) is 12.1 Å². The van der Waals surface area contributed by atoms with E-state index in [1.807, 2.05) is 92.6 Å². The van der Waals surface area contributed by atoms with Crippen LogP contribution >= 0.6 is 0 Å². The molecule has 0 N–H and O–H groups in total. The Bertz CT molecular complexity index is 991.